The van der Waals surface area contributed by atoms with Crippen LogP contribution in [0, 0.1) is 0 Å². The monoisotopic (exact) mass is 207 g/mol. The van der Waals surface area contributed by atoms with Crippen LogP contribution in [0.5, 0.6) is 0 Å². The maximum absolute atomic E-state index is 3.47. The standard InChI is InChI=1S/C12H21N3/c1-10(8-13-2)15-9-11-6-4-5-7-12(11)14-3/h4-7,10,13-15H,8-9H2,1-3H3. The summed E-state index contributed by atoms with van der Waals surface area (Å²) in [5, 5.41) is 9.82. The SMILES string of the molecule is CNCC(C)NCc1ccccc1NC. The molecule has 0 bridgehead atoms. The molecule has 15 heavy (non-hydrogen) atoms. The minimum atomic E-state index is 0.486. The van der Waals surface area contributed by atoms with Crippen LogP contribution in [0.2, 0.25) is 0 Å². The molecule has 1 rings (SSSR count). The van der Waals surface area contributed by atoms with Gasteiger partial charge in [0.2, 0.25) is 0 Å². The summed E-state index contributed by atoms with van der Waals surface area (Å²) in [5.41, 5.74) is 2.50. The summed E-state index contributed by atoms with van der Waals surface area (Å²) in [6.07, 6.45) is 0. The summed E-state index contributed by atoms with van der Waals surface area (Å²) >= 11 is 0. The van der Waals surface area contributed by atoms with Crippen LogP contribution in [0.15, 0.2) is 24.3 Å². The molecule has 0 aliphatic heterocycles. The fraction of sp³-hybridized carbons (Fsp3) is 0.500. The van der Waals surface area contributed by atoms with Gasteiger partial charge >= 0.3 is 0 Å². The van der Waals surface area contributed by atoms with Gasteiger partial charge in [-0.05, 0) is 25.6 Å². The Morgan fingerprint density at radius 2 is 1.93 bits per heavy atom. The van der Waals surface area contributed by atoms with Crippen LogP contribution >= 0.6 is 0 Å². The van der Waals surface area contributed by atoms with Gasteiger partial charge in [-0.1, -0.05) is 18.2 Å². The number of likely N-dealkylation sites (N-methyl/N-ethyl adjacent to an activating group) is 1. The zero-order chi connectivity index (χ0) is 11.1. The second kappa shape index (κ2) is 6.43. The van der Waals surface area contributed by atoms with Gasteiger partial charge in [-0.3, -0.25) is 0 Å². The summed E-state index contributed by atoms with van der Waals surface area (Å²) in [7, 11) is 3.93. The second-order valence-corrected chi connectivity index (χ2v) is 3.75. The van der Waals surface area contributed by atoms with Crippen LogP contribution in [0.3, 0.4) is 0 Å². The van der Waals surface area contributed by atoms with E-state index in [4.69, 9.17) is 0 Å². The molecule has 84 valence electrons. The smallest absolute Gasteiger partial charge is 0.0383 e. The van der Waals surface area contributed by atoms with Gasteiger partial charge in [-0.2, -0.15) is 0 Å². The van der Waals surface area contributed by atoms with Crippen molar-refractivity contribution in [3.8, 4) is 0 Å². The van der Waals surface area contributed by atoms with Crippen LogP contribution in [0.1, 0.15) is 12.5 Å². The molecule has 1 aromatic rings. The van der Waals surface area contributed by atoms with Crippen molar-refractivity contribution in [2.45, 2.75) is 19.5 Å². The Labute approximate surface area is 92.3 Å². The molecular weight excluding hydrogens is 186 g/mol. The lowest BCUT2D eigenvalue weighted by Gasteiger charge is -2.15. The summed E-state index contributed by atoms with van der Waals surface area (Å²) in [5.74, 6) is 0. The number of nitrogens with one attached hydrogen (secondary N) is 3. The number of anilines is 1. The zero-order valence-corrected chi connectivity index (χ0v) is 9.80. The van der Waals surface area contributed by atoms with E-state index in [1.807, 2.05) is 20.2 Å². The lowest BCUT2D eigenvalue weighted by Crippen LogP contribution is -2.34. The average Bonchev–Trinajstić information content (AvgIpc) is 2.27. The Morgan fingerprint density at radius 3 is 2.60 bits per heavy atom. The first-order chi connectivity index (χ1) is 7.27. The quantitative estimate of drug-likeness (QED) is 0.660. The first kappa shape index (κ1) is 12.0. The number of benzene rings is 1. The molecule has 0 fully saturated rings. The summed E-state index contributed by atoms with van der Waals surface area (Å²) in [6.45, 7) is 4.07. The Hall–Kier alpha value is -1.06. The van der Waals surface area contributed by atoms with Crippen LogP contribution in [0.4, 0.5) is 5.69 Å². The van der Waals surface area contributed by atoms with E-state index in [9.17, 15) is 0 Å². The molecule has 0 amide bonds. The minimum absolute atomic E-state index is 0.486. The van der Waals surface area contributed by atoms with Crippen molar-refractivity contribution in [1.29, 1.82) is 0 Å². The average molecular weight is 207 g/mol. The fourth-order valence-corrected chi connectivity index (χ4v) is 1.58. The van der Waals surface area contributed by atoms with Gasteiger partial charge in [0.05, 0.1) is 0 Å². The van der Waals surface area contributed by atoms with Crippen molar-refractivity contribution < 1.29 is 0 Å². The molecule has 1 aromatic carbocycles. The topological polar surface area (TPSA) is 36.1 Å². The molecule has 0 spiro atoms. The third-order valence-corrected chi connectivity index (χ3v) is 2.44. The molecule has 0 saturated heterocycles. The normalized spacial score (nSPS) is 12.5. The van der Waals surface area contributed by atoms with Crippen molar-refractivity contribution >= 4 is 5.69 Å². The highest BCUT2D eigenvalue weighted by molar-refractivity contribution is 5.50. The molecule has 1 unspecified atom stereocenters. The molecule has 0 radical (unpaired) electrons. The highest BCUT2D eigenvalue weighted by Gasteiger charge is 2.02. The van der Waals surface area contributed by atoms with Gasteiger partial charge in [0, 0.05) is 31.9 Å². The maximum atomic E-state index is 3.47. The van der Waals surface area contributed by atoms with Crippen LogP contribution in [-0.2, 0) is 6.54 Å². The summed E-state index contributed by atoms with van der Waals surface area (Å²) in [4.78, 5) is 0. The van der Waals surface area contributed by atoms with Crippen LogP contribution in [0.25, 0.3) is 0 Å². The number of hydrogen-bond acceptors (Lipinski definition) is 3. The predicted octanol–water partition coefficient (Wildman–Crippen LogP) is 1.43. The van der Waals surface area contributed by atoms with E-state index in [1.165, 1.54) is 11.3 Å². The second-order valence-electron chi connectivity index (χ2n) is 3.75. The Balaban J connectivity index is 2.49. The van der Waals surface area contributed by atoms with E-state index in [-0.39, 0.29) is 0 Å². The van der Waals surface area contributed by atoms with E-state index in [0.717, 1.165) is 13.1 Å². The van der Waals surface area contributed by atoms with Gasteiger partial charge in [0.25, 0.3) is 0 Å². The molecule has 0 aromatic heterocycles. The zero-order valence-electron chi connectivity index (χ0n) is 9.80. The Kier molecular flexibility index (Phi) is 5.15. The van der Waals surface area contributed by atoms with E-state index in [1.54, 1.807) is 0 Å². The molecule has 3 N–H and O–H groups in total. The van der Waals surface area contributed by atoms with Crippen molar-refractivity contribution in [2.24, 2.45) is 0 Å². The third kappa shape index (κ3) is 3.90. The lowest BCUT2D eigenvalue weighted by atomic mass is 10.1. The summed E-state index contributed by atoms with van der Waals surface area (Å²) < 4.78 is 0. The number of rotatable bonds is 6. The number of para-hydroxylation sites is 1. The molecule has 0 aliphatic rings. The van der Waals surface area contributed by atoms with Gasteiger partial charge < -0.3 is 16.0 Å². The van der Waals surface area contributed by atoms with Crippen molar-refractivity contribution in [2.75, 3.05) is 26.0 Å². The van der Waals surface area contributed by atoms with E-state index in [0.29, 0.717) is 6.04 Å². The first-order valence-electron chi connectivity index (χ1n) is 5.41. The minimum Gasteiger partial charge on any atom is -0.388 e. The largest absolute Gasteiger partial charge is 0.388 e. The maximum Gasteiger partial charge on any atom is 0.0383 e. The Morgan fingerprint density at radius 1 is 1.20 bits per heavy atom. The van der Waals surface area contributed by atoms with Gasteiger partial charge in [0.1, 0.15) is 0 Å². The first-order valence-corrected chi connectivity index (χ1v) is 5.41. The molecule has 3 nitrogen and oxygen atoms in total. The number of hydrogen-bond donors (Lipinski definition) is 3. The molecule has 3 heteroatoms. The van der Waals surface area contributed by atoms with Gasteiger partial charge in [-0.15, -0.1) is 0 Å². The van der Waals surface area contributed by atoms with Crippen molar-refractivity contribution in [3.05, 3.63) is 29.8 Å². The molecular formula is C12H21N3. The third-order valence-electron chi connectivity index (χ3n) is 2.44. The van der Waals surface area contributed by atoms with Gasteiger partial charge in [0.15, 0.2) is 0 Å². The van der Waals surface area contributed by atoms with Gasteiger partial charge in [-0.25, -0.2) is 0 Å². The molecule has 0 aliphatic carbocycles. The fourth-order valence-electron chi connectivity index (χ4n) is 1.58. The van der Waals surface area contributed by atoms with Crippen LogP contribution < -0.4 is 16.0 Å². The van der Waals surface area contributed by atoms with E-state index in [2.05, 4.69) is 41.1 Å². The summed E-state index contributed by atoms with van der Waals surface area (Å²) in [6, 6.07) is 8.84. The molecule has 0 heterocycles. The lowest BCUT2D eigenvalue weighted by molar-refractivity contribution is 0.523. The highest BCUT2D eigenvalue weighted by atomic mass is 15.0. The van der Waals surface area contributed by atoms with Crippen molar-refractivity contribution in [3.63, 3.8) is 0 Å². The Bertz CT molecular complexity index is 286. The van der Waals surface area contributed by atoms with Crippen molar-refractivity contribution in [1.82, 2.24) is 10.6 Å². The van der Waals surface area contributed by atoms with E-state index >= 15 is 0 Å². The van der Waals surface area contributed by atoms with E-state index < -0.39 is 0 Å². The molecule has 1 atom stereocenters. The molecule has 0 saturated carbocycles. The highest BCUT2D eigenvalue weighted by Crippen LogP contribution is 2.13. The van der Waals surface area contributed by atoms with Crippen LogP contribution in [-0.4, -0.2) is 26.7 Å². The predicted molar refractivity (Wildman–Crippen MR) is 66.2 cm³/mol.